The molecule has 0 spiro atoms. The van der Waals surface area contributed by atoms with Crippen LogP contribution < -0.4 is 0 Å². The highest BCUT2D eigenvalue weighted by Gasteiger charge is 2.25. The van der Waals surface area contributed by atoms with Crippen LogP contribution in [0.4, 0.5) is 0 Å². The van der Waals surface area contributed by atoms with E-state index in [4.69, 9.17) is 4.99 Å². The Morgan fingerprint density at radius 2 is 1.97 bits per heavy atom. The Morgan fingerprint density at radius 3 is 2.71 bits per heavy atom. The normalized spacial score (nSPS) is 21.6. The molecule has 0 saturated heterocycles. The Kier molecular flexibility index (Phi) is 5.86. The summed E-state index contributed by atoms with van der Waals surface area (Å²) in [6.45, 7) is 12.6. The zero-order valence-corrected chi connectivity index (χ0v) is 20.7. The van der Waals surface area contributed by atoms with Crippen LogP contribution in [0.2, 0.25) is 0 Å². The quantitative estimate of drug-likeness (QED) is 0.651. The third-order valence-electron chi connectivity index (χ3n) is 7.12. The van der Waals surface area contributed by atoms with E-state index in [1.165, 1.54) is 5.57 Å². The van der Waals surface area contributed by atoms with Crippen LogP contribution in [-0.2, 0) is 4.79 Å². The number of fused-ring (bicyclic) bond motifs is 2. The maximum Gasteiger partial charge on any atom is 0.255 e. The van der Waals surface area contributed by atoms with Crippen molar-refractivity contribution in [1.29, 1.82) is 0 Å². The molecule has 3 aliphatic rings. The summed E-state index contributed by atoms with van der Waals surface area (Å²) in [7, 11) is 0. The largest absolute Gasteiger partial charge is 0.320 e. The molecular formula is C28H33N5O. The van der Waals surface area contributed by atoms with E-state index in [0.717, 1.165) is 65.4 Å². The van der Waals surface area contributed by atoms with Gasteiger partial charge in [-0.25, -0.2) is 0 Å². The van der Waals surface area contributed by atoms with Crippen molar-refractivity contribution in [1.82, 2.24) is 19.2 Å². The molecule has 2 aromatic heterocycles. The fourth-order valence-electron chi connectivity index (χ4n) is 5.05. The zero-order chi connectivity index (χ0) is 24.0. The lowest BCUT2D eigenvalue weighted by molar-refractivity contribution is -0.121. The van der Waals surface area contributed by atoms with Crippen LogP contribution in [0.25, 0.3) is 11.1 Å². The number of allylic oxidation sites excluding steroid dienone is 4. The molecule has 0 aliphatic carbocycles. The summed E-state index contributed by atoms with van der Waals surface area (Å²) >= 11 is 0. The van der Waals surface area contributed by atoms with Gasteiger partial charge in [-0.2, -0.15) is 0 Å². The van der Waals surface area contributed by atoms with E-state index in [9.17, 15) is 4.79 Å². The van der Waals surface area contributed by atoms with Gasteiger partial charge in [0.05, 0.1) is 34.5 Å². The minimum atomic E-state index is -0.0297. The summed E-state index contributed by atoms with van der Waals surface area (Å²) in [6.07, 6.45) is 15.9. The van der Waals surface area contributed by atoms with Crippen LogP contribution in [-0.4, -0.2) is 50.4 Å². The average Bonchev–Trinajstić information content (AvgIpc) is 3.24. The minimum absolute atomic E-state index is 0.0297. The van der Waals surface area contributed by atoms with Crippen molar-refractivity contribution in [2.75, 3.05) is 13.1 Å². The molecule has 5 heterocycles. The molecule has 0 fully saturated rings. The molecule has 0 radical (unpaired) electrons. The number of aryl methyl sites for hydroxylation is 2. The molecule has 1 amide bonds. The molecule has 5 rings (SSSR count). The maximum atomic E-state index is 13.5. The van der Waals surface area contributed by atoms with Crippen molar-refractivity contribution in [2.24, 2.45) is 10.9 Å². The molecule has 6 nitrogen and oxygen atoms in total. The molecule has 2 aromatic rings. The summed E-state index contributed by atoms with van der Waals surface area (Å²) in [5, 5.41) is 0. The van der Waals surface area contributed by atoms with E-state index >= 15 is 0 Å². The summed E-state index contributed by atoms with van der Waals surface area (Å²) < 4.78 is 2.12. The van der Waals surface area contributed by atoms with Crippen LogP contribution in [0, 0.1) is 19.8 Å². The number of carbonyl (C=O) groups excluding carboxylic acids is 1. The lowest BCUT2D eigenvalue weighted by Gasteiger charge is -2.31. The SMILES string of the molecule is Cc1cn2cc(C3=CC(=O)N4C=C(C5=CCN(C(C)C)CC5)N=CC4=CCC3C)cc2c(C)n1. The third kappa shape index (κ3) is 4.18. The summed E-state index contributed by atoms with van der Waals surface area (Å²) in [5.41, 5.74) is 8.15. The average molecular weight is 456 g/mol. The number of nitrogens with zero attached hydrogens (tertiary/aromatic N) is 5. The molecular weight excluding hydrogens is 422 g/mol. The molecule has 0 saturated carbocycles. The van der Waals surface area contributed by atoms with Gasteiger partial charge in [0.25, 0.3) is 5.91 Å². The first kappa shape index (κ1) is 22.5. The first-order chi connectivity index (χ1) is 16.3. The van der Waals surface area contributed by atoms with Crippen molar-refractivity contribution in [2.45, 2.75) is 53.5 Å². The van der Waals surface area contributed by atoms with E-state index in [1.807, 2.05) is 38.5 Å². The Hall–Kier alpha value is -3.25. The maximum absolute atomic E-state index is 13.5. The van der Waals surface area contributed by atoms with Gasteiger partial charge in [-0.3, -0.25) is 24.6 Å². The van der Waals surface area contributed by atoms with Crippen LogP contribution >= 0.6 is 0 Å². The third-order valence-corrected chi connectivity index (χ3v) is 7.12. The molecule has 1 atom stereocenters. The second kappa shape index (κ2) is 8.84. The van der Waals surface area contributed by atoms with Gasteiger partial charge >= 0.3 is 0 Å². The molecule has 1 unspecified atom stereocenters. The number of aromatic nitrogens is 2. The molecule has 6 heteroatoms. The highest BCUT2D eigenvalue weighted by molar-refractivity contribution is 6.01. The van der Waals surface area contributed by atoms with Gasteiger partial charge in [-0.1, -0.05) is 19.1 Å². The van der Waals surface area contributed by atoms with E-state index in [2.05, 4.69) is 59.5 Å². The molecule has 0 aromatic carbocycles. The van der Waals surface area contributed by atoms with Crippen molar-refractivity contribution in [3.05, 3.63) is 76.8 Å². The van der Waals surface area contributed by atoms with Gasteiger partial charge in [0.1, 0.15) is 0 Å². The van der Waals surface area contributed by atoms with Crippen molar-refractivity contribution < 1.29 is 4.79 Å². The smallest absolute Gasteiger partial charge is 0.255 e. The number of aliphatic imine (C=N–C) groups is 1. The van der Waals surface area contributed by atoms with Gasteiger partial charge < -0.3 is 4.40 Å². The highest BCUT2D eigenvalue weighted by atomic mass is 16.2. The number of hydrogen-bond donors (Lipinski definition) is 0. The molecule has 3 aliphatic heterocycles. The number of rotatable bonds is 3. The fraction of sp³-hybridized carbons (Fsp3) is 0.393. The predicted octanol–water partition coefficient (Wildman–Crippen LogP) is 5.05. The summed E-state index contributed by atoms with van der Waals surface area (Å²) in [4.78, 5) is 27.0. The molecule has 176 valence electrons. The fourth-order valence-corrected chi connectivity index (χ4v) is 5.05. The first-order valence-electron chi connectivity index (χ1n) is 12.2. The molecule has 0 bridgehead atoms. The highest BCUT2D eigenvalue weighted by Crippen LogP contribution is 2.33. The monoisotopic (exact) mass is 455 g/mol. The topological polar surface area (TPSA) is 53.2 Å². The summed E-state index contributed by atoms with van der Waals surface area (Å²) in [5.74, 6) is 0.185. The lowest BCUT2D eigenvalue weighted by atomic mass is 9.90. The van der Waals surface area contributed by atoms with Crippen LogP contribution in [0.3, 0.4) is 0 Å². The van der Waals surface area contributed by atoms with Crippen molar-refractivity contribution in [3.8, 4) is 0 Å². The Balaban J connectivity index is 1.47. The summed E-state index contributed by atoms with van der Waals surface area (Å²) in [6, 6.07) is 2.68. The van der Waals surface area contributed by atoms with Gasteiger partial charge in [0.2, 0.25) is 0 Å². The molecule has 0 N–H and O–H groups in total. The van der Waals surface area contributed by atoms with Crippen molar-refractivity contribution in [3.63, 3.8) is 0 Å². The van der Waals surface area contributed by atoms with E-state index < -0.39 is 0 Å². The Morgan fingerprint density at radius 1 is 1.15 bits per heavy atom. The van der Waals surface area contributed by atoms with Gasteiger partial charge in [0.15, 0.2) is 0 Å². The second-order valence-corrected chi connectivity index (χ2v) is 9.90. The van der Waals surface area contributed by atoms with E-state index in [1.54, 1.807) is 4.90 Å². The second-order valence-electron chi connectivity index (χ2n) is 9.90. The van der Waals surface area contributed by atoms with Gasteiger partial charge in [-0.15, -0.1) is 0 Å². The van der Waals surface area contributed by atoms with Gasteiger partial charge in [0, 0.05) is 43.8 Å². The van der Waals surface area contributed by atoms with Gasteiger partial charge in [-0.05, 0) is 69.2 Å². The standard InChI is InChI=1S/C28H33N5O/c1-18(2)31-10-8-22(9-11-31)26-17-33-24(14-29-26)7-6-19(3)25(13-28(33)34)23-12-27-21(5)30-20(4)15-32(27)16-23/h7-8,12-19H,6,9-11H2,1-5H3. The Labute approximate surface area is 201 Å². The number of amides is 1. The van der Waals surface area contributed by atoms with Crippen LogP contribution in [0.15, 0.2) is 64.8 Å². The molecule has 34 heavy (non-hydrogen) atoms. The first-order valence-corrected chi connectivity index (χ1v) is 12.2. The van der Waals surface area contributed by atoms with E-state index in [-0.39, 0.29) is 11.8 Å². The predicted molar refractivity (Wildman–Crippen MR) is 137 cm³/mol. The minimum Gasteiger partial charge on any atom is -0.320 e. The number of hydrogen-bond acceptors (Lipinski definition) is 4. The van der Waals surface area contributed by atoms with Crippen molar-refractivity contribution >= 4 is 23.2 Å². The van der Waals surface area contributed by atoms with Crippen LogP contribution in [0.1, 0.15) is 50.6 Å². The Bertz CT molecular complexity index is 1300. The van der Waals surface area contributed by atoms with E-state index in [0.29, 0.717) is 6.04 Å². The van der Waals surface area contributed by atoms with Crippen LogP contribution in [0.5, 0.6) is 0 Å². The zero-order valence-electron chi connectivity index (χ0n) is 20.7. The lowest BCUT2D eigenvalue weighted by Crippen LogP contribution is -2.35. The number of carbonyl (C=O) groups is 1.